The van der Waals surface area contributed by atoms with Gasteiger partial charge in [-0.05, 0) is 23.8 Å². The first-order valence-electron chi connectivity index (χ1n) is 6.90. The van der Waals surface area contributed by atoms with Crippen LogP contribution in [-0.4, -0.2) is 31.2 Å². The van der Waals surface area contributed by atoms with Crippen molar-refractivity contribution < 1.29 is 9.53 Å². The second kappa shape index (κ2) is 5.93. The van der Waals surface area contributed by atoms with Crippen LogP contribution in [-0.2, 0) is 11.3 Å². The van der Waals surface area contributed by atoms with Crippen LogP contribution < -0.4 is 10.2 Å². The molecule has 0 saturated heterocycles. The number of rotatable bonds is 2. The van der Waals surface area contributed by atoms with E-state index < -0.39 is 5.97 Å². The Morgan fingerprint density at radius 2 is 2.19 bits per heavy atom. The molecule has 0 amide bonds. The highest BCUT2D eigenvalue weighted by Crippen LogP contribution is 2.29. The van der Waals surface area contributed by atoms with Crippen LogP contribution in [0.2, 0.25) is 0 Å². The molecule has 0 unspecified atom stereocenters. The first-order valence-corrected chi connectivity index (χ1v) is 6.90. The van der Waals surface area contributed by atoms with E-state index in [0.717, 1.165) is 31.0 Å². The molecule has 5 heteroatoms. The maximum Gasteiger partial charge on any atom is 0.356 e. The molecule has 2 heterocycles. The smallest absolute Gasteiger partial charge is 0.356 e. The first-order chi connectivity index (χ1) is 10.3. The number of methoxy groups -OCH3 is 1. The summed E-state index contributed by atoms with van der Waals surface area (Å²) in [6.45, 7) is 2.56. The van der Waals surface area contributed by atoms with Crippen molar-refractivity contribution in [1.29, 1.82) is 0 Å². The summed E-state index contributed by atoms with van der Waals surface area (Å²) >= 11 is 0. The van der Waals surface area contributed by atoms with Crippen molar-refractivity contribution >= 4 is 17.3 Å². The summed E-state index contributed by atoms with van der Waals surface area (Å²) < 4.78 is 4.74. The Bertz CT molecular complexity index is 657. The van der Waals surface area contributed by atoms with E-state index in [1.165, 1.54) is 12.7 Å². The molecular formula is C16H17N3O2. The molecule has 1 aliphatic rings. The lowest BCUT2D eigenvalue weighted by Crippen LogP contribution is -2.24. The van der Waals surface area contributed by atoms with E-state index in [1.54, 1.807) is 12.3 Å². The second-order valence-corrected chi connectivity index (χ2v) is 4.85. The van der Waals surface area contributed by atoms with Gasteiger partial charge in [-0.3, -0.25) is 0 Å². The summed E-state index contributed by atoms with van der Waals surface area (Å²) in [6.07, 6.45) is 1.64. The standard InChI is InChI=1S/C16H17N3O2/c1-21-16(20)14-10-13(6-7-18-14)19-9-8-17-11-12-4-2-3-5-15(12)19/h2-7,10,17H,8-9,11H2,1H3. The van der Waals surface area contributed by atoms with Crippen molar-refractivity contribution in [3.63, 3.8) is 0 Å². The summed E-state index contributed by atoms with van der Waals surface area (Å²) in [4.78, 5) is 17.9. The Labute approximate surface area is 123 Å². The minimum absolute atomic E-state index is 0.324. The molecule has 0 fully saturated rings. The minimum atomic E-state index is -0.418. The molecule has 21 heavy (non-hydrogen) atoms. The van der Waals surface area contributed by atoms with Gasteiger partial charge in [-0.1, -0.05) is 18.2 Å². The molecule has 0 bridgehead atoms. The number of anilines is 2. The third-order valence-corrected chi connectivity index (χ3v) is 3.56. The van der Waals surface area contributed by atoms with E-state index in [-0.39, 0.29) is 0 Å². The maximum atomic E-state index is 11.6. The first kappa shape index (κ1) is 13.6. The molecule has 1 aromatic carbocycles. The van der Waals surface area contributed by atoms with Gasteiger partial charge in [0.25, 0.3) is 0 Å². The predicted octanol–water partition coefficient (Wildman–Crippen LogP) is 2.11. The molecule has 1 N–H and O–H groups in total. The summed E-state index contributed by atoms with van der Waals surface area (Å²) in [5, 5.41) is 3.40. The maximum absolute atomic E-state index is 11.6. The van der Waals surface area contributed by atoms with Crippen molar-refractivity contribution in [2.45, 2.75) is 6.54 Å². The normalized spacial score (nSPS) is 14.2. The molecule has 3 rings (SSSR count). The van der Waals surface area contributed by atoms with Crippen LogP contribution in [0.4, 0.5) is 11.4 Å². The molecule has 2 aromatic rings. The molecule has 0 spiro atoms. The van der Waals surface area contributed by atoms with Crippen molar-refractivity contribution in [3.05, 3.63) is 53.9 Å². The molecule has 1 aromatic heterocycles. The predicted molar refractivity (Wildman–Crippen MR) is 80.7 cm³/mol. The van der Waals surface area contributed by atoms with Gasteiger partial charge in [-0.15, -0.1) is 0 Å². The zero-order chi connectivity index (χ0) is 14.7. The van der Waals surface area contributed by atoms with Crippen molar-refractivity contribution in [3.8, 4) is 0 Å². The zero-order valence-electron chi connectivity index (χ0n) is 11.9. The van der Waals surface area contributed by atoms with Gasteiger partial charge in [-0.25, -0.2) is 9.78 Å². The number of esters is 1. The fourth-order valence-corrected chi connectivity index (χ4v) is 2.53. The van der Waals surface area contributed by atoms with E-state index >= 15 is 0 Å². The number of hydrogen-bond acceptors (Lipinski definition) is 5. The topological polar surface area (TPSA) is 54.5 Å². The van der Waals surface area contributed by atoms with Crippen LogP contribution in [0, 0.1) is 0 Å². The lowest BCUT2D eigenvalue weighted by molar-refractivity contribution is 0.0594. The number of carbonyl (C=O) groups excluding carboxylic acids is 1. The molecule has 108 valence electrons. The van der Waals surface area contributed by atoms with Crippen molar-refractivity contribution in [2.75, 3.05) is 25.1 Å². The number of nitrogens with one attached hydrogen (secondary N) is 1. The average Bonchev–Trinajstić information content (AvgIpc) is 2.76. The van der Waals surface area contributed by atoms with Gasteiger partial charge in [0.2, 0.25) is 0 Å². The quantitative estimate of drug-likeness (QED) is 0.856. The fraction of sp³-hybridized carbons (Fsp3) is 0.250. The number of nitrogens with zero attached hydrogens (tertiary/aromatic N) is 2. The Balaban J connectivity index is 2.02. The Hall–Kier alpha value is -2.40. The number of fused-ring (bicyclic) bond motifs is 1. The van der Waals surface area contributed by atoms with Crippen LogP contribution in [0.25, 0.3) is 0 Å². The largest absolute Gasteiger partial charge is 0.464 e. The van der Waals surface area contributed by atoms with Crippen LogP contribution in [0.3, 0.4) is 0 Å². The highest BCUT2D eigenvalue weighted by atomic mass is 16.5. The Morgan fingerprint density at radius 1 is 1.33 bits per heavy atom. The van der Waals surface area contributed by atoms with Gasteiger partial charge in [0.1, 0.15) is 5.69 Å². The minimum Gasteiger partial charge on any atom is -0.464 e. The molecular weight excluding hydrogens is 266 g/mol. The fourth-order valence-electron chi connectivity index (χ4n) is 2.53. The zero-order valence-corrected chi connectivity index (χ0v) is 11.9. The van der Waals surface area contributed by atoms with Crippen LogP contribution in [0.1, 0.15) is 16.1 Å². The summed E-state index contributed by atoms with van der Waals surface area (Å²) in [5.74, 6) is -0.418. The molecule has 0 saturated carbocycles. The van der Waals surface area contributed by atoms with E-state index in [1.807, 2.05) is 18.2 Å². The van der Waals surface area contributed by atoms with Gasteiger partial charge in [-0.2, -0.15) is 0 Å². The number of para-hydroxylation sites is 1. The second-order valence-electron chi connectivity index (χ2n) is 4.85. The summed E-state index contributed by atoms with van der Waals surface area (Å²) in [6, 6.07) is 12.0. The van der Waals surface area contributed by atoms with E-state index in [9.17, 15) is 4.79 Å². The van der Waals surface area contributed by atoms with Gasteiger partial charge in [0, 0.05) is 37.2 Å². The summed E-state index contributed by atoms with van der Waals surface area (Å²) in [5.41, 5.74) is 3.67. The van der Waals surface area contributed by atoms with Gasteiger partial charge >= 0.3 is 5.97 Å². The van der Waals surface area contributed by atoms with Crippen molar-refractivity contribution in [2.24, 2.45) is 0 Å². The van der Waals surface area contributed by atoms with Crippen LogP contribution in [0.15, 0.2) is 42.6 Å². The lowest BCUT2D eigenvalue weighted by Gasteiger charge is -2.24. The molecule has 0 aliphatic carbocycles. The number of aromatic nitrogens is 1. The summed E-state index contributed by atoms with van der Waals surface area (Å²) in [7, 11) is 1.36. The Kier molecular flexibility index (Phi) is 3.83. The van der Waals surface area contributed by atoms with E-state index in [4.69, 9.17) is 4.74 Å². The van der Waals surface area contributed by atoms with E-state index in [2.05, 4.69) is 27.3 Å². The number of carbonyl (C=O) groups is 1. The Morgan fingerprint density at radius 3 is 3.05 bits per heavy atom. The number of ether oxygens (including phenoxy) is 1. The van der Waals surface area contributed by atoms with Crippen LogP contribution >= 0.6 is 0 Å². The third kappa shape index (κ3) is 2.73. The monoisotopic (exact) mass is 283 g/mol. The molecule has 1 aliphatic heterocycles. The van der Waals surface area contributed by atoms with E-state index in [0.29, 0.717) is 5.69 Å². The average molecular weight is 283 g/mol. The van der Waals surface area contributed by atoms with Crippen molar-refractivity contribution in [1.82, 2.24) is 10.3 Å². The number of pyridine rings is 1. The van der Waals surface area contributed by atoms with Gasteiger partial charge < -0.3 is 15.0 Å². The third-order valence-electron chi connectivity index (χ3n) is 3.56. The highest BCUT2D eigenvalue weighted by molar-refractivity contribution is 5.88. The highest BCUT2D eigenvalue weighted by Gasteiger charge is 2.17. The molecule has 0 radical (unpaired) electrons. The molecule has 0 atom stereocenters. The van der Waals surface area contributed by atoms with Gasteiger partial charge in [0.05, 0.1) is 7.11 Å². The molecule has 5 nitrogen and oxygen atoms in total. The number of benzene rings is 1. The number of hydrogen-bond donors (Lipinski definition) is 1. The SMILES string of the molecule is COC(=O)c1cc(N2CCNCc3ccccc32)ccn1. The van der Waals surface area contributed by atoms with Crippen LogP contribution in [0.5, 0.6) is 0 Å². The van der Waals surface area contributed by atoms with Gasteiger partial charge in [0.15, 0.2) is 0 Å². The lowest BCUT2D eigenvalue weighted by atomic mass is 10.1.